The summed E-state index contributed by atoms with van der Waals surface area (Å²) in [4.78, 5) is 30.0. The molecule has 0 aromatic rings. The Hall–Kier alpha value is -2.42. The topological polar surface area (TPSA) is 86.6 Å². The molecule has 0 saturated heterocycles. The summed E-state index contributed by atoms with van der Waals surface area (Å²) in [6.45, 7) is 10.2. The Morgan fingerprint density at radius 3 is 2.59 bits per heavy atom. The van der Waals surface area contributed by atoms with Gasteiger partial charge in [-0.3, -0.25) is 9.69 Å². The first-order valence-electron chi connectivity index (χ1n) is 8.29. The molecule has 0 spiro atoms. The summed E-state index contributed by atoms with van der Waals surface area (Å²) in [7, 11) is 1.47. The van der Waals surface area contributed by atoms with Crippen LogP contribution in [0.2, 0.25) is 0 Å². The van der Waals surface area contributed by atoms with Gasteiger partial charge in [0.05, 0.1) is 11.6 Å². The fourth-order valence-corrected chi connectivity index (χ4v) is 2.37. The minimum atomic E-state index is -1.03. The molecule has 0 aromatic heterocycles. The second-order valence-electron chi connectivity index (χ2n) is 7.21. The van der Waals surface area contributed by atoms with Crippen LogP contribution in [0, 0.1) is 0 Å². The molecule has 1 aliphatic carbocycles. The van der Waals surface area contributed by atoms with Crippen molar-refractivity contribution < 1.29 is 18.7 Å². The van der Waals surface area contributed by atoms with Crippen molar-refractivity contribution in [3.05, 3.63) is 23.3 Å². The number of hydrazone groups is 1. The van der Waals surface area contributed by atoms with Crippen LogP contribution in [0.1, 0.15) is 34.1 Å². The molecule has 2 amide bonds. The number of allylic oxidation sites excluding steroid dienone is 1. The Morgan fingerprint density at radius 2 is 2.11 bits per heavy atom. The van der Waals surface area contributed by atoms with Crippen LogP contribution in [0.15, 0.2) is 33.4 Å². The van der Waals surface area contributed by atoms with Gasteiger partial charge in [-0.05, 0) is 27.7 Å². The molecule has 27 heavy (non-hydrogen) atoms. The molecule has 2 rings (SSSR count). The van der Waals surface area contributed by atoms with E-state index in [2.05, 4.69) is 22.1 Å². The predicted molar refractivity (Wildman–Crippen MR) is 101 cm³/mol. The summed E-state index contributed by atoms with van der Waals surface area (Å²) in [6.07, 6.45) is 0.00263. The van der Waals surface area contributed by atoms with E-state index < -0.39 is 29.8 Å². The number of amides is 2. The van der Waals surface area contributed by atoms with Gasteiger partial charge in [0, 0.05) is 26.3 Å². The van der Waals surface area contributed by atoms with Crippen LogP contribution in [0.4, 0.5) is 9.18 Å². The molecule has 0 aromatic carbocycles. The summed E-state index contributed by atoms with van der Waals surface area (Å²) < 4.78 is 18.4. The lowest BCUT2D eigenvalue weighted by Crippen LogP contribution is -2.40. The van der Waals surface area contributed by atoms with Crippen molar-refractivity contribution >= 4 is 35.5 Å². The van der Waals surface area contributed by atoms with E-state index in [-0.39, 0.29) is 28.8 Å². The molecule has 1 aliphatic heterocycles. The zero-order valence-electron chi connectivity index (χ0n) is 15.9. The smallest absolute Gasteiger partial charge is 0.415 e. The number of rotatable bonds is 4. The summed E-state index contributed by atoms with van der Waals surface area (Å²) in [6, 6.07) is -0.499. The number of alkyl halides is 1. The number of hydrogen-bond donors (Lipinski definition) is 1. The third kappa shape index (κ3) is 5.06. The Balaban J connectivity index is 2.30. The molecule has 1 N–H and O–H groups in total. The van der Waals surface area contributed by atoms with E-state index >= 15 is 0 Å². The van der Waals surface area contributed by atoms with Crippen LogP contribution < -0.4 is 5.32 Å². The fourth-order valence-electron chi connectivity index (χ4n) is 2.19. The van der Waals surface area contributed by atoms with E-state index in [1.165, 1.54) is 30.0 Å². The molecule has 0 radical (unpaired) electrons. The monoisotopic (exact) mass is 399 g/mol. The minimum Gasteiger partial charge on any atom is -0.443 e. The molecule has 1 heterocycles. The number of aliphatic imine (C=N–C) groups is 1. The molecule has 2 aliphatic rings. The van der Waals surface area contributed by atoms with E-state index in [9.17, 15) is 14.0 Å². The van der Waals surface area contributed by atoms with E-state index in [1.54, 1.807) is 20.8 Å². The number of nitrogens with one attached hydrogen (secondary N) is 1. The van der Waals surface area contributed by atoms with Gasteiger partial charge in [-0.25, -0.2) is 14.2 Å². The van der Waals surface area contributed by atoms with Crippen LogP contribution in [-0.2, 0) is 9.53 Å². The maximum atomic E-state index is 13.1. The first-order valence-corrected chi connectivity index (χ1v) is 8.67. The van der Waals surface area contributed by atoms with Gasteiger partial charge in [0.15, 0.2) is 5.82 Å². The Kier molecular flexibility index (Phi) is 5.94. The van der Waals surface area contributed by atoms with Crippen molar-refractivity contribution in [3.8, 4) is 0 Å². The van der Waals surface area contributed by atoms with Crippen molar-refractivity contribution in [1.29, 1.82) is 0 Å². The number of hydrogen-bond acceptors (Lipinski definition) is 6. The maximum Gasteiger partial charge on any atom is 0.415 e. The highest BCUT2D eigenvalue weighted by atomic mass is 35.5. The summed E-state index contributed by atoms with van der Waals surface area (Å²) in [5, 5.41) is 7.64. The second kappa shape index (κ2) is 7.67. The summed E-state index contributed by atoms with van der Waals surface area (Å²) in [5.41, 5.74) is -0.546. The van der Waals surface area contributed by atoms with Crippen molar-refractivity contribution in [1.82, 2.24) is 15.2 Å². The molecule has 0 unspecified atom stereocenters. The predicted octanol–water partition coefficient (Wildman–Crippen LogP) is 2.72. The third-order valence-electron chi connectivity index (χ3n) is 3.74. The van der Waals surface area contributed by atoms with E-state index in [4.69, 9.17) is 16.3 Å². The summed E-state index contributed by atoms with van der Waals surface area (Å²) >= 11 is 6.08. The molecule has 1 fully saturated rings. The highest BCUT2D eigenvalue weighted by Gasteiger charge is 2.39. The standard InChI is InChI=1S/C17H23ClFN5O3/c1-9(15(25)21-11-7-10(11)19)14-22-12(18)8-13(24(14)20-5)23(6)16(26)27-17(2,3)4/h8,10-11H,5,7H2,1-4,6H3,(H,21,25)/b14-9+/t10-,11+/m0/s1. The van der Waals surface area contributed by atoms with Gasteiger partial charge in [-0.2, -0.15) is 10.1 Å². The van der Waals surface area contributed by atoms with Crippen LogP contribution in [-0.4, -0.2) is 58.7 Å². The number of carbonyl (C=O) groups is 2. The van der Waals surface area contributed by atoms with Crippen molar-refractivity contribution in [2.75, 3.05) is 7.05 Å². The van der Waals surface area contributed by atoms with Gasteiger partial charge in [0.25, 0.3) is 5.91 Å². The van der Waals surface area contributed by atoms with Crippen molar-refractivity contribution in [3.63, 3.8) is 0 Å². The molecular formula is C17H23ClFN5O3. The minimum absolute atomic E-state index is 0.0391. The average molecular weight is 400 g/mol. The SMILES string of the molecule is C=NN1C(N(C)C(=O)OC(C)(C)C)=CC(Cl)=N/C1=C(/C)C(=O)N[C@@H]1C[C@@H]1F. The molecule has 0 bridgehead atoms. The average Bonchev–Trinajstić information content (AvgIpc) is 3.25. The van der Waals surface area contributed by atoms with Gasteiger partial charge >= 0.3 is 6.09 Å². The zero-order valence-corrected chi connectivity index (χ0v) is 16.7. The van der Waals surface area contributed by atoms with Crippen LogP contribution >= 0.6 is 11.6 Å². The second-order valence-corrected chi connectivity index (χ2v) is 7.60. The normalized spacial score (nSPS) is 23.7. The van der Waals surface area contributed by atoms with Crippen molar-refractivity contribution in [2.24, 2.45) is 10.1 Å². The number of halogens is 2. The number of nitrogens with zero attached hydrogens (tertiary/aromatic N) is 4. The molecule has 10 heteroatoms. The highest BCUT2D eigenvalue weighted by molar-refractivity contribution is 6.68. The molecule has 1 saturated carbocycles. The van der Waals surface area contributed by atoms with Crippen molar-refractivity contribution in [2.45, 2.75) is 51.9 Å². The molecule has 8 nitrogen and oxygen atoms in total. The van der Waals surface area contributed by atoms with Gasteiger partial charge < -0.3 is 10.1 Å². The lowest BCUT2D eigenvalue weighted by Gasteiger charge is -2.32. The zero-order chi connectivity index (χ0) is 20.5. The number of ether oxygens (including phenoxy) is 1. The Bertz CT molecular complexity index is 756. The molecule has 148 valence electrons. The quantitative estimate of drug-likeness (QED) is 0.581. The van der Waals surface area contributed by atoms with Crippen LogP contribution in [0.25, 0.3) is 0 Å². The van der Waals surface area contributed by atoms with Gasteiger partial charge in [0.2, 0.25) is 0 Å². The Morgan fingerprint density at radius 1 is 1.52 bits per heavy atom. The molecular weight excluding hydrogens is 377 g/mol. The number of carbonyl (C=O) groups excluding carboxylic acids is 2. The van der Waals surface area contributed by atoms with Crippen LogP contribution in [0.3, 0.4) is 0 Å². The first-order chi connectivity index (χ1) is 12.4. The molecule has 2 atom stereocenters. The van der Waals surface area contributed by atoms with Gasteiger partial charge in [-0.15, -0.1) is 0 Å². The third-order valence-corrected chi connectivity index (χ3v) is 3.93. The van der Waals surface area contributed by atoms with E-state index in [1.807, 2.05) is 0 Å². The van der Waals surface area contributed by atoms with E-state index in [0.29, 0.717) is 0 Å². The first kappa shape index (κ1) is 20.9. The lowest BCUT2D eigenvalue weighted by molar-refractivity contribution is -0.117. The Labute approximate surface area is 162 Å². The van der Waals surface area contributed by atoms with Gasteiger partial charge in [-0.1, -0.05) is 11.6 Å². The van der Waals surface area contributed by atoms with Gasteiger partial charge in [0.1, 0.15) is 22.8 Å². The largest absolute Gasteiger partial charge is 0.443 e. The van der Waals surface area contributed by atoms with E-state index in [0.717, 1.165) is 0 Å². The fraction of sp³-hybridized carbons (Fsp3) is 0.529. The highest BCUT2D eigenvalue weighted by Crippen LogP contribution is 2.29. The summed E-state index contributed by atoms with van der Waals surface area (Å²) in [5.74, 6) is -0.217. The lowest BCUT2D eigenvalue weighted by atomic mass is 10.2. The van der Waals surface area contributed by atoms with Crippen LogP contribution in [0.5, 0.6) is 0 Å². The maximum absolute atomic E-state index is 13.1.